The minimum Gasteiger partial charge on any atom is -0.323 e. The smallest absolute Gasteiger partial charge is 0.126 e. The van der Waals surface area contributed by atoms with Crippen LogP contribution in [0.4, 0.5) is 4.39 Å². The first-order valence-corrected chi connectivity index (χ1v) is 7.62. The van der Waals surface area contributed by atoms with Gasteiger partial charge in [0.05, 0.1) is 0 Å². The maximum atomic E-state index is 13.9. The average Bonchev–Trinajstić information content (AvgIpc) is 2.52. The maximum absolute atomic E-state index is 13.9. The van der Waals surface area contributed by atoms with Crippen molar-refractivity contribution in [1.29, 1.82) is 0 Å². The van der Waals surface area contributed by atoms with Gasteiger partial charge in [0.1, 0.15) is 5.82 Å². The molecule has 0 saturated heterocycles. The predicted octanol–water partition coefficient (Wildman–Crippen LogP) is 4.89. The highest BCUT2D eigenvalue weighted by molar-refractivity contribution is 5.34. The van der Waals surface area contributed by atoms with Crippen molar-refractivity contribution in [3.05, 3.63) is 71.0 Å². The Hall–Kier alpha value is -1.67. The van der Waals surface area contributed by atoms with Crippen LogP contribution >= 0.6 is 0 Å². The lowest BCUT2D eigenvalue weighted by Gasteiger charge is -2.38. The SMILES string of the molecule is CCC(CC)(c1ccccc1)C(N)c1ccc(C)c(F)c1. The molecule has 1 atom stereocenters. The molecule has 112 valence electrons. The molecule has 0 aliphatic heterocycles. The molecular weight excluding hydrogens is 261 g/mol. The van der Waals surface area contributed by atoms with Gasteiger partial charge in [-0.05, 0) is 42.5 Å². The van der Waals surface area contributed by atoms with Crippen molar-refractivity contribution in [1.82, 2.24) is 0 Å². The number of hydrogen-bond donors (Lipinski definition) is 1. The quantitative estimate of drug-likeness (QED) is 0.831. The Balaban J connectivity index is 2.49. The fourth-order valence-electron chi connectivity index (χ4n) is 3.17. The monoisotopic (exact) mass is 285 g/mol. The van der Waals surface area contributed by atoms with Crippen LogP contribution in [-0.2, 0) is 5.41 Å². The summed E-state index contributed by atoms with van der Waals surface area (Å²) in [5.41, 5.74) is 9.16. The second-order valence-electron chi connectivity index (χ2n) is 5.72. The van der Waals surface area contributed by atoms with Gasteiger partial charge in [0.2, 0.25) is 0 Å². The minimum absolute atomic E-state index is 0.164. The molecular formula is C19H24FN. The van der Waals surface area contributed by atoms with Crippen molar-refractivity contribution in [2.24, 2.45) is 5.73 Å². The lowest BCUT2D eigenvalue weighted by Crippen LogP contribution is -2.38. The third kappa shape index (κ3) is 2.86. The third-order valence-electron chi connectivity index (χ3n) is 4.76. The van der Waals surface area contributed by atoms with E-state index in [-0.39, 0.29) is 17.3 Å². The zero-order chi connectivity index (χ0) is 15.5. The van der Waals surface area contributed by atoms with Gasteiger partial charge in [-0.15, -0.1) is 0 Å². The van der Waals surface area contributed by atoms with Gasteiger partial charge >= 0.3 is 0 Å². The summed E-state index contributed by atoms with van der Waals surface area (Å²) in [5, 5.41) is 0. The van der Waals surface area contributed by atoms with E-state index in [0.717, 1.165) is 18.4 Å². The van der Waals surface area contributed by atoms with Gasteiger partial charge in [-0.1, -0.05) is 56.3 Å². The van der Waals surface area contributed by atoms with E-state index in [9.17, 15) is 4.39 Å². The first kappa shape index (κ1) is 15.7. The van der Waals surface area contributed by atoms with Crippen molar-refractivity contribution in [2.75, 3.05) is 0 Å². The second-order valence-corrected chi connectivity index (χ2v) is 5.72. The standard InChI is InChI=1S/C19H24FN/c1-4-19(5-2,16-9-7-6-8-10-16)18(21)15-12-11-14(3)17(20)13-15/h6-13,18H,4-5,21H2,1-3H3. The maximum Gasteiger partial charge on any atom is 0.126 e. The molecule has 2 heteroatoms. The Morgan fingerprint density at radius 3 is 2.19 bits per heavy atom. The molecule has 0 bridgehead atoms. The summed E-state index contributed by atoms with van der Waals surface area (Å²) in [5.74, 6) is -0.183. The molecule has 0 aliphatic carbocycles. The normalized spacial score (nSPS) is 13.2. The van der Waals surface area contributed by atoms with Crippen molar-refractivity contribution >= 4 is 0 Å². The van der Waals surface area contributed by atoms with Crippen LogP contribution in [0, 0.1) is 12.7 Å². The molecule has 2 N–H and O–H groups in total. The van der Waals surface area contributed by atoms with Crippen LogP contribution in [0.25, 0.3) is 0 Å². The summed E-state index contributed by atoms with van der Waals surface area (Å²) in [6.45, 7) is 6.08. The average molecular weight is 285 g/mol. The van der Waals surface area contributed by atoms with Crippen LogP contribution < -0.4 is 5.73 Å². The number of hydrogen-bond acceptors (Lipinski definition) is 1. The van der Waals surface area contributed by atoms with Crippen LogP contribution in [0.3, 0.4) is 0 Å². The molecule has 0 fully saturated rings. The number of aryl methyl sites for hydroxylation is 1. The number of halogens is 1. The minimum atomic E-state index is -0.218. The Morgan fingerprint density at radius 1 is 1.05 bits per heavy atom. The van der Waals surface area contributed by atoms with E-state index in [0.29, 0.717) is 5.56 Å². The molecule has 2 aromatic rings. The summed E-state index contributed by atoms with van der Waals surface area (Å²) < 4.78 is 13.9. The molecule has 0 aliphatic rings. The highest BCUT2D eigenvalue weighted by Gasteiger charge is 2.36. The van der Waals surface area contributed by atoms with Crippen LogP contribution in [0.1, 0.15) is 49.4 Å². The zero-order valence-corrected chi connectivity index (χ0v) is 13.1. The lowest BCUT2D eigenvalue weighted by molar-refractivity contribution is 0.321. The van der Waals surface area contributed by atoms with Crippen LogP contribution in [0.15, 0.2) is 48.5 Å². The highest BCUT2D eigenvalue weighted by atomic mass is 19.1. The highest BCUT2D eigenvalue weighted by Crippen LogP contribution is 2.41. The Morgan fingerprint density at radius 2 is 1.67 bits per heavy atom. The Labute approximate surface area is 127 Å². The lowest BCUT2D eigenvalue weighted by atomic mass is 9.68. The van der Waals surface area contributed by atoms with Crippen molar-refractivity contribution in [3.8, 4) is 0 Å². The largest absolute Gasteiger partial charge is 0.323 e. The van der Waals surface area contributed by atoms with E-state index in [1.807, 2.05) is 30.3 Å². The molecule has 0 amide bonds. The van der Waals surface area contributed by atoms with Gasteiger partial charge in [-0.3, -0.25) is 0 Å². The van der Waals surface area contributed by atoms with Crippen molar-refractivity contribution in [3.63, 3.8) is 0 Å². The van der Waals surface area contributed by atoms with Gasteiger partial charge in [0, 0.05) is 11.5 Å². The summed E-state index contributed by atoms with van der Waals surface area (Å²) >= 11 is 0. The molecule has 0 heterocycles. The van der Waals surface area contributed by atoms with Crippen LogP contribution in [0.2, 0.25) is 0 Å². The summed E-state index contributed by atoms with van der Waals surface area (Å²) in [4.78, 5) is 0. The second kappa shape index (κ2) is 6.40. The molecule has 21 heavy (non-hydrogen) atoms. The van der Waals surface area contributed by atoms with E-state index in [1.165, 1.54) is 5.56 Å². The topological polar surface area (TPSA) is 26.0 Å². The molecule has 0 radical (unpaired) electrons. The number of rotatable bonds is 5. The fraction of sp³-hybridized carbons (Fsp3) is 0.368. The molecule has 0 spiro atoms. The predicted molar refractivity (Wildman–Crippen MR) is 86.8 cm³/mol. The summed E-state index contributed by atoms with van der Waals surface area (Å²) in [6.07, 6.45) is 1.84. The molecule has 0 saturated carbocycles. The van der Waals surface area contributed by atoms with Gasteiger partial charge in [-0.2, -0.15) is 0 Å². The van der Waals surface area contributed by atoms with E-state index in [2.05, 4.69) is 26.0 Å². The van der Waals surface area contributed by atoms with Crippen LogP contribution in [-0.4, -0.2) is 0 Å². The van der Waals surface area contributed by atoms with Gasteiger partial charge < -0.3 is 5.73 Å². The number of benzene rings is 2. The van der Waals surface area contributed by atoms with Gasteiger partial charge in [0.15, 0.2) is 0 Å². The molecule has 1 unspecified atom stereocenters. The van der Waals surface area contributed by atoms with Gasteiger partial charge in [0.25, 0.3) is 0 Å². The summed E-state index contributed by atoms with van der Waals surface area (Å²) in [6, 6.07) is 15.5. The number of nitrogens with two attached hydrogens (primary N) is 1. The first-order chi connectivity index (χ1) is 10.0. The summed E-state index contributed by atoms with van der Waals surface area (Å²) in [7, 11) is 0. The van der Waals surface area contributed by atoms with Gasteiger partial charge in [-0.25, -0.2) is 4.39 Å². The van der Waals surface area contributed by atoms with Crippen LogP contribution in [0.5, 0.6) is 0 Å². The first-order valence-electron chi connectivity index (χ1n) is 7.62. The van der Waals surface area contributed by atoms with E-state index < -0.39 is 0 Å². The molecule has 2 aromatic carbocycles. The van der Waals surface area contributed by atoms with E-state index in [1.54, 1.807) is 13.0 Å². The molecule has 0 aromatic heterocycles. The molecule has 1 nitrogen and oxygen atoms in total. The molecule has 2 rings (SSSR count). The zero-order valence-electron chi connectivity index (χ0n) is 13.1. The van der Waals surface area contributed by atoms with E-state index >= 15 is 0 Å². The van der Waals surface area contributed by atoms with Crippen molar-refractivity contribution < 1.29 is 4.39 Å². The fourth-order valence-corrected chi connectivity index (χ4v) is 3.17. The Kier molecular flexibility index (Phi) is 4.79. The van der Waals surface area contributed by atoms with Crippen molar-refractivity contribution in [2.45, 2.75) is 45.1 Å². The Bertz CT molecular complexity index is 588. The third-order valence-corrected chi connectivity index (χ3v) is 4.76. The van der Waals surface area contributed by atoms with E-state index in [4.69, 9.17) is 5.73 Å².